The van der Waals surface area contributed by atoms with E-state index < -0.39 is 0 Å². The molecular formula is C20H12BrF. The highest BCUT2D eigenvalue weighted by Gasteiger charge is 2.15. The van der Waals surface area contributed by atoms with Crippen LogP contribution in [0.1, 0.15) is 0 Å². The van der Waals surface area contributed by atoms with E-state index in [4.69, 9.17) is 0 Å². The number of halogens is 2. The van der Waals surface area contributed by atoms with Gasteiger partial charge in [0.1, 0.15) is 5.82 Å². The van der Waals surface area contributed by atoms with Gasteiger partial charge in [-0.1, -0.05) is 72.8 Å². The molecule has 0 atom stereocenters. The molecule has 2 heteroatoms. The molecule has 0 fully saturated rings. The normalized spacial score (nSPS) is 11.2. The SMILES string of the molecule is Fc1c2ccccc2c(Br)c2c(-c3ccccc3)cccc12. The summed E-state index contributed by atoms with van der Waals surface area (Å²) in [5, 5.41) is 3.11. The van der Waals surface area contributed by atoms with Crippen LogP contribution in [0.5, 0.6) is 0 Å². The predicted octanol–water partition coefficient (Wildman–Crippen LogP) is 6.56. The summed E-state index contributed by atoms with van der Waals surface area (Å²) >= 11 is 3.70. The second-order valence-corrected chi connectivity index (χ2v) is 6.06. The van der Waals surface area contributed by atoms with E-state index in [-0.39, 0.29) is 5.82 Å². The highest BCUT2D eigenvalue weighted by atomic mass is 79.9. The van der Waals surface area contributed by atoms with Crippen molar-refractivity contribution in [3.05, 3.63) is 83.1 Å². The van der Waals surface area contributed by atoms with Crippen molar-refractivity contribution in [3.63, 3.8) is 0 Å². The fraction of sp³-hybridized carbons (Fsp3) is 0. The van der Waals surface area contributed by atoms with Crippen LogP contribution >= 0.6 is 15.9 Å². The molecule has 0 aromatic heterocycles. The van der Waals surface area contributed by atoms with Gasteiger partial charge in [-0.05, 0) is 32.4 Å². The molecule has 0 nitrogen and oxygen atoms in total. The Bertz CT molecular complexity index is 991. The van der Waals surface area contributed by atoms with Gasteiger partial charge in [0.25, 0.3) is 0 Å². The molecule has 4 rings (SSSR count). The Kier molecular flexibility index (Phi) is 3.20. The average Bonchev–Trinajstić information content (AvgIpc) is 2.60. The fourth-order valence-electron chi connectivity index (χ4n) is 2.98. The zero-order chi connectivity index (χ0) is 15.1. The molecule has 0 aliphatic heterocycles. The molecule has 106 valence electrons. The minimum Gasteiger partial charge on any atom is -0.206 e. The largest absolute Gasteiger partial charge is 0.206 e. The smallest absolute Gasteiger partial charge is 0.138 e. The first kappa shape index (κ1) is 13.5. The molecule has 0 unspecified atom stereocenters. The van der Waals surface area contributed by atoms with Gasteiger partial charge in [0, 0.05) is 20.6 Å². The van der Waals surface area contributed by atoms with E-state index in [0.717, 1.165) is 26.4 Å². The van der Waals surface area contributed by atoms with Crippen LogP contribution in [0.15, 0.2) is 77.3 Å². The molecule has 0 amide bonds. The van der Waals surface area contributed by atoms with Crippen molar-refractivity contribution in [1.82, 2.24) is 0 Å². The second-order valence-electron chi connectivity index (χ2n) is 5.27. The summed E-state index contributed by atoms with van der Waals surface area (Å²) in [6.07, 6.45) is 0. The van der Waals surface area contributed by atoms with Crippen LogP contribution < -0.4 is 0 Å². The van der Waals surface area contributed by atoms with Crippen LogP contribution in [-0.4, -0.2) is 0 Å². The van der Waals surface area contributed by atoms with Crippen LogP contribution in [0, 0.1) is 5.82 Å². The van der Waals surface area contributed by atoms with E-state index in [1.807, 2.05) is 72.8 Å². The Balaban J connectivity index is 2.22. The Morgan fingerprint density at radius 3 is 2.05 bits per heavy atom. The monoisotopic (exact) mass is 350 g/mol. The average molecular weight is 351 g/mol. The van der Waals surface area contributed by atoms with Crippen molar-refractivity contribution in [2.75, 3.05) is 0 Å². The summed E-state index contributed by atoms with van der Waals surface area (Å²) in [5.74, 6) is -0.161. The Morgan fingerprint density at radius 2 is 1.27 bits per heavy atom. The first-order valence-corrected chi connectivity index (χ1v) is 7.90. The predicted molar refractivity (Wildman–Crippen MR) is 94.5 cm³/mol. The lowest BCUT2D eigenvalue weighted by Gasteiger charge is -2.13. The van der Waals surface area contributed by atoms with Crippen molar-refractivity contribution in [2.45, 2.75) is 0 Å². The Labute approximate surface area is 136 Å². The fourth-order valence-corrected chi connectivity index (χ4v) is 3.75. The quantitative estimate of drug-likeness (QED) is 0.341. The van der Waals surface area contributed by atoms with Gasteiger partial charge >= 0.3 is 0 Å². The Hall–Kier alpha value is -2.19. The maximum Gasteiger partial charge on any atom is 0.138 e. The van der Waals surface area contributed by atoms with E-state index >= 15 is 0 Å². The van der Waals surface area contributed by atoms with Gasteiger partial charge < -0.3 is 0 Å². The van der Waals surface area contributed by atoms with Crippen LogP contribution in [0.25, 0.3) is 32.7 Å². The van der Waals surface area contributed by atoms with E-state index in [1.165, 1.54) is 0 Å². The third-order valence-electron chi connectivity index (χ3n) is 4.01. The van der Waals surface area contributed by atoms with Crippen LogP contribution in [0.4, 0.5) is 4.39 Å². The molecule has 0 N–H and O–H groups in total. The maximum absolute atomic E-state index is 14.9. The zero-order valence-electron chi connectivity index (χ0n) is 11.7. The summed E-state index contributed by atoms with van der Waals surface area (Å²) in [6.45, 7) is 0. The van der Waals surface area contributed by atoms with Gasteiger partial charge in [0.2, 0.25) is 0 Å². The number of benzene rings is 4. The highest BCUT2D eigenvalue weighted by Crippen LogP contribution is 2.40. The van der Waals surface area contributed by atoms with Crippen molar-refractivity contribution in [1.29, 1.82) is 0 Å². The van der Waals surface area contributed by atoms with E-state index in [0.29, 0.717) is 10.8 Å². The molecule has 0 radical (unpaired) electrons. The molecule has 0 aliphatic carbocycles. The highest BCUT2D eigenvalue weighted by molar-refractivity contribution is 9.10. The molecule has 0 bridgehead atoms. The van der Waals surface area contributed by atoms with Crippen molar-refractivity contribution < 1.29 is 4.39 Å². The summed E-state index contributed by atoms with van der Waals surface area (Å²) < 4.78 is 15.9. The van der Waals surface area contributed by atoms with Gasteiger partial charge in [-0.25, -0.2) is 4.39 Å². The molecular weight excluding hydrogens is 339 g/mol. The van der Waals surface area contributed by atoms with Crippen molar-refractivity contribution in [3.8, 4) is 11.1 Å². The molecule has 0 saturated carbocycles. The number of hydrogen-bond donors (Lipinski definition) is 0. The molecule has 4 aromatic carbocycles. The van der Waals surface area contributed by atoms with E-state index in [2.05, 4.69) is 15.9 Å². The van der Waals surface area contributed by atoms with Gasteiger partial charge in [-0.2, -0.15) is 0 Å². The first-order chi connectivity index (χ1) is 10.8. The zero-order valence-corrected chi connectivity index (χ0v) is 13.3. The molecule has 0 spiro atoms. The van der Waals surface area contributed by atoms with E-state index in [9.17, 15) is 4.39 Å². The molecule has 0 saturated heterocycles. The lowest BCUT2D eigenvalue weighted by molar-refractivity contribution is 0.651. The topological polar surface area (TPSA) is 0 Å². The third kappa shape index (κ3) is 1.95. The first-order valence-electron chi connectivity index (χ1n) is 7.11. The second kappa shape index (κ2) is 5.22. The number of hydrogen-bond acceptors (Lipinski definition) is 0. The summed E-state index contributed by atoms with van der Waals surface area (Å²) in [7, 11) is 0. The third-order valence-corrected chi connectivity index (χ3v) is 4.83. The molecule has 4 aromatic rings. The summed E-state index contributed by atoms with van der Waals surface area (Å²) in [4.78, 5) is 0. The minimum atomic E-state index is -0.161. The lowest BCUT2D eigenvalue weighted by Crippen LogP contribution is -1.89. The standard InChI is InChI=1S/C20H12BrF/c21-19-15-9-4-5-10-16(15)20(22)17-12-6-11-14(18(17)19)13-7-2-1-3-8-13/h1-12H. The molecule has 0 heterocycles. The van der Waals surface area contributed by atoms with Gasteiger partial charge in [-0.3, -0.25) is 0 Å². The summed E-state index contributed by atoms with van der Waals surface area (Å²) in [6, 6.07) is 23.4. The van der Waals surface area contributed by atoms with Crippen LogP contribution in [-0.2, 0) is 0 Å². The van der Waals surface area contributed by atoms with Crippen molar-refractivity contribution in [2.24, 2.45) is 0 Å². The lowest BCUT2D eigenvalue weighted by atomic mass is 9.95. The molecule has 22 heavy (non-hydrogen) atoms. The molecule has 0 aliphatic rings. The van der Waals surface area contributed by atoms with Crippen LogP contribution in [0.3, 0.4) is 0 Å². The minimum absolute atomic E-state index is 0.161. The summed E-state index contributed by atoms with van der Waals surface area (Å²) in [5.41, 5.74) is 2.12. The maximum atomic E-state index is 14.9. The Morgan fingerprint density at radius 1 is 0.636 bits per heavy atom. The van der Waals surface area contributed by atoms with Gasteiger partial charge in [0.05, 0.1) is 0 Å². The van der Waals surface area contributed by atoms with Gasteiger partial charge in [0.15, 0.2) is 0 Å². The number of fused-ring (bicyclic) bond motifs is 2. The van der Waals surface area contributed by atoms with Crippen LogP contribution in [0.2, 0.25) is 0 Å². The van der Waals surface area contributed by atoms with Gasteiger partial charge in [-0.15, -0.1) is 0 Å². The van der Waals surface area contributed by atoms with E-state index in [1.54, 1.807) is 0 Å². The van der Waals surface area contributed by atoms with Crippen molar-refractivity contribution >= 4 is 37.5 Å². The number of rotatable bonds is 1.